The number of aryl methyl sites for hydroxylation is 1. The second-order valence-electron chi connectivity index (χ2n) is 6.57. The van der Waals surface area contributed by atoms with Crippen molar-refractivity contribution >= 4 is 11.6 Å². The van der Waals surface area contributed by atoms with Crippen LogP contribution in [0.2, 0.25) is 5.02 Å². The minimum atomic E-state index is -0.654. The van der Waals surface area contributed by atoms with Gasteiger partial charge in [-0.2, -0.15) is 0 Å². The molecule has 3 rings (SSSR count). The van der Waals surface area contributed by atoms with Crippen LogP contribution in [0.15, 0.2) is 42.5 Å². The highest BCUT2D eigenvalue weighted by Gasteiger charge is 2.24. The van der Waals surface area contributed by atoms with Crippen LogP contribution < -0.4 is 4.74 Å². The zero-order valence-corrected chi connectivity index (χ0v) is 15.5. The van der Waals surface area contributed by atoms with E-state index >= 15 is 0 Å². The molecule has 0 amide bonds. The summed E-state index contributed by atoms with van der Waals surface area (Å²) in [5.74, 6) is 0.294. The van der Waals surface area contributed by atoms with E-state index in [0.717, 1.165) is 11.1 Å². The molecule has 2 atom stereocenters. The van der Waals surface area contributed by atoms with Crippen LogP contribution in [-0.4, -0.2) is 49.0 Å². The summed E-state index contributed by atoms with van der Waals surface area (Å²) in [6.45, 7) is 4.43. The fourth-order valence-corrected chi connectivity index (χ4v) is 3.33. The highest BCUT2D eigenvalue weighted by molar-refractivity contribution is 6.32. The van der Waals surface area contributed by atoms with Gasteiger partial charge in [0.1, 0.15) is 24.3 Å². The molecule has 0 aliphatic carbocycles. The topological polar surface area (TPSA) is 41.9 Å². The number of rotatable bonds is 6. The summed E-state index contributed by atoms with van der Waals surface area (Å²) in [5.41, 5.74) is 1.87. The van der Waals surface area contributed by atoms with Gasteiger partial charge in [-0.25, -0.2) is 4.39 Å². The van der Waals surface area contributed by atoms with Crippen molar-refractivity contribution in [1.29, 1.82) is 0 Å². The minimum Gasteiger partial charge on any atom is -0.489 e. The SMILES string of the molecule is Cc1ccc(OCC(O)CN2CCOC(c3cccc(F)c3)C2)c(Cl)c1. The predicted octanol–water partition coefficient (Wildman–Crippen LogP) is 3.60. The lowest BCUT2D eigenvalue weighted by atomic mass is 10.1. The Morgan fingerprint density at radius 2 is 2.19 bits per heavy atom. The molecule has 140 valence electrons. The number of β-amino-alcohol motifs (C(OH)–C–C–N with tert-alkyl or cyclic N) is 1. The number of hydrogen-bond acceptors (Lipinski definition) is 4. The van der Waals surface area contributed by atoms with Crippen LogP contribution in [-0.2, 0) is 4.74 Å². The van der Waals surface area contributed by atoms with Crippen LogP contribution in [0.4, 0.5) is 4.39 Å². The van der Waals surface area contributed by atoms with Crippen molar-refractivity contribution in [3.63, 3.8) is 0 Å². The van der Waals surface area contributed by atoms with E-state index < -0.39 is 6.10 Å². The number of aliphatic hydroxyl groups excluding tert-OH is 1. The number of halogens is 2. The van der Waals surface area contributed by atoms with Crippen molar-refractivity contribution in [3.8, 4) is 5.75 Å². The average molecular weight is 380 g/mol. The highest BCUT2D eigenvalue weighted by Crippen LogP contribution is 2.26. The Kier molecular flexibility index (Phi) is 6.48. The van der Waals surface area contributed by atoms with Crippen LogP contribution in [0.5, 0.6) is 5.75 Å². The molecule has 2 unspecified atom stereocenters. The molecule has 1 aliphatic rings. The van der Waals surface area contributed by atoms with E-state index in [1.54, 1.807) is 12.1 Å². The summed E-state index contributed by atoms with van der Waals surface area (Å²) >= 11 is 6.14. The molecule has 1 N–H and O–H groups in total. The first kappa shape index (κ1) is 19.1. The van der Waals surface area contributed by atoms with Crippen molar-refractivity contribution in [2.75, 3.05) is 32.8 Å². The summed E-state index contributed by atoms with van der Waals surface area (Å²) in [5, 5.41) is 10.8. The summed E-state index contributed by atoms with van der Waals surface area (Å²) in [7, 11) is 0. The number of benzene rings is 2. The number of nitrogens with zero attached hydrogens (tertiary/aromatic N) is 1. The van der Waals surface area contributed by atoms with Gasteiger partial charge in [-0.15, -0.1) is 0 Å². The maximum Gasteiger partial charge on any atom is 0.138 e. The van der Waals surface area contributed by atoms with Gasteiger partial charge in [0.05, 0.1) is 17.7 Å². The summed E-state index contributed by atoms with van der Waals surface area (Å²) in [4.78, 5) is 2.10. The fourth-order valence-electron chi connectivity index (χ4n) is 3.04. The molecule has 0 aromatic heterocycles. The Morgan fingerprint density at radius 3 is 2.96 bits per heavy atom. The Bertz CT molecular complexity index is 743. The Morgan fingerprint density at radius 1 is 1.35 bits per heavy atom. The third-order valence-corrected chi connectivity index (χ3v) is 4.65. The highest BCUT2D eigenvalue weighted by atomic mass is 35.5. The smallest absolute Gasteiger partial charge is 0.138 e. The Balaban J connectivity index is 1.51. The van der Waals surface area contributed by atoms with E-state index in [4.69, 9.17) is 21.1 Å². The van der Waals surface area contributed by atoms with Gasteiger partial charge in [0.2, 0.25) is 0 Å². The lowest BCUT2D eigenvalue weighted by Crippen LogP contribution is -2.43. The molecule has 0 radical (unpaired) electrons. The molecule has 1 aliphatic heterocycles. The summed E-state index contributed by atoms with van der Waals surface area (Å²) in [6, 6.07) is 12.0. The molecule has 1 fully saturated rings. The van der Waals surface area contributed by atoms with Crippen molar-refractivity contribution in [3.05, 3.63) is 64.4 Å². The van der Waals surface area contributed by atoms with Gasteiger partial charge in [-0.3, -0.25) is 4.90 Å². The van der Waals surface area contributed by atoms with Gasteiger partial charge >= 0.3 is 0 Å². The standard InChI is InChI=1S/C20H23ClFNO3/c1-14-5-6-19(18(21)9-14)26-13-17(24)11-23-7-8-25-20(12-23)15-3-2-4-16(22)10-15/h2-6,9-10,17,20,24H,7-8,11-13H2,1H3. The fraction of sp³-hybridized carbons (Fsp3) is 0.400. The van der Waals surface area contributed by atoms with Crippen molar-refractivity contribution < 1.29 is 19.0 Å². The normalized spacial score (nSPS) is 19.3. The first-order valence-electron chi connectivity index (χ1n) is 8.67. The lowest BCUT2D eigenvalue weighted by Gasteiger charge is -2.34. The zero-order chi connectivity index (χ0) is 18.5. The maximum atomic E-state index is 13.4. The number of ether oxygens (including phenoxy) is 2. The van der Waals surface area contributed by atoms with Gasteiger partial charge in [-0.05, 0) is 42.3 Å². The molecule has 0 saturated carbocycles. The third-order valence-electron chi connectivity index (χ3n) is 4.36. The molecule has 0 spiro atoms. The number of aliphatic hydroxyl groups is 1. The Hall–Kier alpha value is -1.66. The molecule has 6 heteroatoms. The van der Waals surface area contributed by atoms with Crippen LogP contribution >= 0.6 is 11.6 Å². The molecule has 4 nitrogen and oxygen atoms in total. The largest absolute Gasteiger partial charge is 0.489 e. The van der Waals surface area contributed by atoms with E-state index in [1.165, 1.54) is 12.1 Å². The first-order valence-corrected chi connectivity index (χ1v) is 9.05. The average Bonchev–Trinajstić information content (AvgIpc) is 2.61. The zero-order valence-electron chi connectivity index (χ0n) is 14.7. The third kappa shape index (κ3) is 5.17. The number of morpholine rings is 1. The van der Waals surface area contributed by atoms with E-state index in [-0.39, 0.29) is 18.5 Å². The molecule has 0 bridgehead atoms. The second-order valence-corrected chi connectivity index (χ2v) is 6.98. The van der Waals surface area contributed by atoms with Gasteiger partial charge in [0.15, 0.2) is 0 Å². The van der Waals surface area contributed by atoms with Crippen LogP contribution in [0.1, 0.15) is 17.2 Å². The minimum absolute atomic E-state index is 0.158. The van der Waals surface area contributed by atoms with Crippen molar-refractivity contribution in [1.82, 2.24) is 4.90 Å². The van der Waals surface area contributed by atoms with E-state index in [9.17, 15) is 9.50 Å². The van der Waals surface area contributed by atoms with E-state index in [1.807, 2.05) is 25.1 Å². The van der Waals surface area contributed by atoms with E-state index in [0.29, 0.717) is 37.0 Å². The van der Waals surface area contributed by atoms with Gasteiger partial charge in [0, 0.05) is 19.6 Å². The van der Waals surface area contributed by atoms with Crippen LogP contribution in [0.25, 0.3) is 0 Å². The number of hydrogen-bond donors (Lipinski definition) is 1. The maximum absolute atomic E-state index is 13.4. The molecule has 1 heterocycles. The predicted molar refractivity (Wildman–Crippen MR) is 99.2 cm³/mol. The second kappa shape index (κ2) is 8.82. The lowest BCUT2D eigenvalue weighted by molar-refractivity contribution is -0.0460. The molecular weight excluding hydrogens is 357 g/mol. The monoisotopic (exact) mass is 379 g/mol. The van der Waals surface area contributed by atoms with Gasteiger partial charge < -0.3 is 14.6 Å². The van der Waals surface area contributed by atoms with E-state index in [2.05, 4.69) is 4.90 Å². The molecular formula is C20H23ClFNO3. The molecule has 26 heavy (non-hydrogen) atoms. The molecule has 2 aromatic rings. The van der Waals surface area contributed by atoms with Gasteiger partial charge in [0.25, 0.3) is 0 Å². The molecule has 2 aromatic carbocycles. The quantitative estimate of drug-likeness (QED) is 0.832. The Labute approximate surface area is 158 Å². The van der Waals surface area contributed by atoms with Crippen LogP contribution in [0, 0.1) is 12.7 Å². The van der Waals surface area contributed by atoms with Gasteiger partial charge in [-0.1, -0.05) is 29.8 Å². The summed E-state index contributed by atoms with van der Waals surface area (Å²) < 4.78 is 24.8. The van der Waals surface area contributed by atoms with Crippen molar-refractivity contribution in [2.24, 2.45) is 0 Å². The van der Waals surface area contributed by atoms with Crippen LogP contribution in [0.3, 0.4) is 0 Å². The summed E-state index contributed by atoms with van der Waals surface area (Å²) in [6.07, 6.45) is -0.849. The van der Waals surface area contributed by atoms with Crippen molar-refractivity contribution in [2.45, 2.75) is 19.1 Å². The molecule has 1 saturated heterocycles. The first-order chi connectivity index (χ1) is 12.5.